The highest BCUT2D eigenvalue weighted by atomic mass is 16.6. The molecular weight excluding hydrogens is 232 g/mol. The molecule has 1 aliphatic heterocycles. The Bertz CT molecular complexity index is 317. The lowest BCUT2D eigenvalue weighted by Gasteiger charge is -2.25. The van der Waals surface area contributed by atoms with Crippen molar-refractivity contribution in [2.75, 3.05) is 13.2 Å². The van der Waals surface area contributed by atoms with Gasteiger partial charge in [-0.05, 0) is 44.4 Å². The molecule has 0 aromatic heterocycles. The van der Waals surface area contributed by atoms with Crippen molar-refractivity contribution in [1.29, 1.82) is 0 Å². The van der Waals surface area contributed by atoms with E-state index >= 15 is 0 Å². The van der Waals surface area contributed by atoms with E-state index in [9.17, 15) is 9.90 Å². The molecule has 102 valence electrons. The molecule has 1 N–H and O–H groups in total. The van der Waals surface area contributed by atoms with Crippen molar-refractivity contribution in [2.24, 2.45) is 11.8 Å². The largest absolute Gasteiger partial charge is 0.385 e. The van der Waals surface area contributed by atoms with Gasteiger partial charge in [0, 0.05) is 12.5 Å². The topological polar surface area (TPSA) is 59.1 Å². The summed E-state index contributed by atoms with van der Waals surface area (Å²) in [6.07, 6.45) is 6.17. The number of epoxide rings is 1. The van der Waals surface area contributed by atoms with Gasteiger partial charge in [-0.2, -0.15) is 0 Å². The van der Waals surface area contributed by atoms with E-state index in [4.69, 9.17) is 9.47 Å². The third-order valence-electron chi connectivity index (χ3n) is 4.55. The van der Waals surface area contributed by atoms with Crippen molar-refractivity contribution in [3.8, 4) is 0 Å². The predicted octanol–water partition coefficient (Wildman–Crippen LogP) is 1.30. The highest BCUT2D eigenvalue weighted by molar-refractivity contribution is 5.85. The second kappa shape index (κ2) is 5.27. The fraction of sp³-hybridized carbons (Fsp3) is 0.929. The quantitative estimate of drug-likeness (QED) is 0.768. The molecule has 3 rings (SSSR count). The van der Waals surface area contributed by atoms with Crippen molar-refractivity contribution >= 4 is 5.78 Å². The number of hydrogen-bond donors (Lipinski definition) is 1. The minimum atomic E-state index is -0.748. The summed E-state index contributed by atoms with van der Waals surface area (Å²) in [5.74, 6) is 0.495. The summed E-state index contributed by atoms with van der Waals surface area (Å²) < 4.78 is 11.2. The van der Waals surface area contributed by atoms with Crippen LogP contribution in [0.4, 0.5) is 0 Å². The smallest absolute Gasteiger partial charge is 0.166 e. The number of fused-ring (bicyclic) bond motifs is 1. The van der Waals surface area contributed by atoms with E-state index in [1.54, 1.807) is 0 Å². The number of rotatable bonds is 4. The van der Waals surface area contributed by atoms with Gasteiger partial charge in [-0.15, -0.1) is 0 Å². The number of hydrogen-bond acceptors (Lipinski definition) is 4. The molecule has 1 saturated heterocycles. The Morgan fingerprint density at radius 1 is 1.17 bits per heavy atom. The van der Waals surface area contributed by atoms with Crippen LogP contribution in [0.5, 0.6) is 0 Å². The molecule has 5 atom stereocenters. The number of carbonyl (C=O) groups is 1. The SMILES string of the molecule is O=C1C(O)CCCC1COCC1CCC2OC2C1. The standard InChI is InChI=1S/C14H22O4/c15-11-3-1-2-10(14(11)16)8-17-7-9-4-5-12-13(6-9)18-12/h9-13,15H,1-8H2. The van der Waals surface area contributed by atoms with Crippen LogP contribution in [0.25, 0.3) is 0 Å². The van der Waals surface area contributed by atoms with Gasteiger partial charge in [-0.1, -0.05) is 0 Å². The van der Waals surface area contributed by atoms with E-state index in [1.165, 1.54) is 12.8 Å². The average molecular weight is 254 g/mol. The molecule has 0 aromatic carbocycles. The van der Waals surface area contributed by atoms with Crippen LogP contribution < -0.4 is 0 Å². The fourth-order valence-electron chi connectivity index (χ4n) is 3.29. The van der Waals surface area contributed by atoms with Crippen LogP contribution in [0.3, 0.4) is 0 Å². The lowest BCUT2D eigenvalue weighted by molar-refractivity contribution is -0.136. The third-order valence-corrected chi connectivity index (χ3v) is 4.55. The molecule has 2 aliphatic carbocycles. The molecule has 0 bridgehead atoms. The van der Waals surface area contributed by atoms with Crippen LogP contribution in [0.1, 0.15) is 38.5 Å². The van der Waals surface area contributed by atoms with Crippen molar-refractivity contribution in [3.05, 3.63) is 0 Å². The van der Waals surface area contributed by atoms with Gasteiger partial charge in [0.05, 0.1) is 18.8 Å². The Hall–Kier alpha value is -0.450. The Kier molecular flexibility index (Phi) is 3.68. The van der Waals surface area contributed by atoms with Crippen molar-refractivity contribution < 1.29 is 19.4 Å². The Balaban J connectivity index is 1.37. The number of ketones is 1. The Morgan fingerprint density at radius 2 is 2.06 bits per heavy atom. The molecule has 1 heterocycles. The van der Waals surface area contributed by atoms with Crippen molar-refractivity contribution in [2.45, 2.75) is 56.8 Å². The molecule has 3 fully saturated rings. The normalized spacial score (nSPS) is 43.6. The van der Waals surface area contributed by atoms with E-state index in [2.05, 4.69) is 0 Å². The summed E-state index contributed by atoms with van der Waals surface area (Å²) in [6.45, 7) is 1.23. The van der Waals surface area contributed by atoms with Gasteiger partial charge in [0.15, 0.2) is 5.78 Å². The average Bonchev–Trinajstić information content (AvgIpc) is 3.13. The molecule has 18 heavy (non-hydrogen) atoms. The van der Waals surface area contributed by atoms with Crippen LogP contribution in [0.2, 0.25) is 0 Å². The second-order valence-corrected chi connectivity index (χ2v) is 5.98. The van der Waals surface area contributed by atoms with Crippen LogP contribution in [-0.2, 0) is 14.3 Å². The first-order valence-corrected chi connectivity index (χ1v) is 7.19. The van der Waals surface area contributed by atoms with Crippen LogP contribution in [0, 0.1) is 11.8 Å². The zero-order valence-electron chi connectivity index (χ0n) is 10.7. The van der Waals surface area contributed by atoms with Gasteiger partial charge in [0.1, 0.15) is 6.10 Å². The highest BCUT2D eigenvalue weighted by Crippen LogP contribution is 2.39. The molecule has 4 heteroatoms. The monoisotopic (exact) mass is 254 g/mol. The van der Waals surface area contributed by atoms with E-state index in [0.29, 0.717) is 31.2 Å². The summed E-state index contributed by atoms with van der Waals surface area (Å²) in [7, 11) is 0. The first kappa shape index (κ1) is 12.6. The summed E-state index contributed by atoms with van der Waals surface area (Å²) in [4.78, 5) is 11.7. The number of ether oxygens (including phenoxy) is 2. The van der Waals surface area contributed by atoms with E-state index in [-0.39, 0.29) is 11.7 Å². The Labute approximate surface area is 108 Å². The molecule has 3 aliphatic rings. The summed E-state index contributed by atoms with van der Waals surface area (Å²) in [6, 6.07) is 0. The van der Waals surface area contributed by atoms with Crippen molar-refractivity contribution in [3.63, 3.8) is 0 Å². The highest BCUT2D eigenvalue weighted by Gasteiger charge is 2.43. The van der Waals surface area contributed by atoms with Crippen LogP contribution in [-0.4, -0.2) is 42.4 Å². The van der Waals surface area contributed by atoms with Gasteiger partial charge < -0.3 is 14.6 Å². The molecular formula is C14H22O4. The van der Waals surface area contributed by atoms with Crippen LogP contribution >= 0.6 is 0 Å². The minimum absolute atomic E-state index is 0.0181. The van der Waals surface area contributed by atoms with Crippen molar-refractivity contribution in [1.82, 2.24) is 0 Å². The van der Waals surface area contributed by atoms with Gasteiger partial charge in [0.2, 0.25) is 0 Å². The minimum Gasteiger partial charge on any atom is -0.385 e. The lowest BCUT2D eigenvalue weighted by atomic mass is 9.86. The lowest BCUT2D eigenvalue weighted by Crippen LogP contribution is -2.35. The fourth-order valence-corrected chi connectivity index (χ4v) is 3.29. The molecule has 2 saturated carbocycles. The van der Waals surface area contributed by atoms with Gasteiger partial charge in [-0.25, -0.2) is 0 Å². The third kappa shape index (κ3) is 2.76. The number of aliphatic hydroxyl groups excluding tert-OH is 1. The summed E-state index contributed by atoms with van der Waals surface area (Å²) >= 11 is 0. The van der Waals surface area contributed by atoms with E-state index in [1.807, 2.05) is 0 Å². The molecule has 0 radical (unpaired) electrons. The number of Topliss-reactive ketones (excluding diaryl/α,β-unsaturated/α-hetero) is 1. The first-order chi connectivity index (χ1) is 8.74. The number of carbonyl (C=O) groups excluding carboxylic acids is 1. The van der Waals surface area contributed by atoms with Crippen LogP contribution in [0.15, 0.2) is 0 Å². The Morgan fingerprint density at radius 3 is 2.89 bits per heavy atom. The first-order valence-electron chi connectivity index (χ1n) is 7.19. The van der Waals surface area contributed by atoms with Gasteiger partial charge in [-0.3, -0.25) is 4.79 Å². The second-order valence-electron chi connectivity index (χ2n) is 5.98. The predicted molar refractivity (Wildman–Crippen MR) is 65.2 cm³/mol. The zero-order chi connectivity index (χ0) is 12.5. The molecule has 4 nitrogen and oxygen atoms in total. The molecule has 5 unspecified atom stereocenters. The van der Waals surface area contributed by atoms with E-state index in [0.717, 1.165) is 25.9 Å². The van der Waals surface area contributed by atoms with E-state index < -0.39 is 6.10 Å². The maximum Gasteiger partial charge on any atom is 0.166 e. The number of aliphatic hydroxyl groups is 1. The summed E-state index contributed by atoms with van der Waals surface area (Å²) in [5, 5.41) is 9.51. The molecule has 0 aromatic rings. The van der Waals surface area contributed by atoms with Gasteiger partial charge >= 0.3 is 0 Å². The maximum absolute atomic E-state index is 11.7. The van der Waals surface area contributed by atoms with Gasteiger partial charge in [0.25, 0.3) is 0 Å². The molecule has 0 amide bonds. The maximum atomic E-state index is 11.7. The zero-order valence-corrected chi connectivity index (χ0v) is 10.7. The molecule has 0 spiro atoms. The summed E-state index contributed by atoms with van der Waals surface area (Å²) in [5.41, 5.74) is 0.